The summed E-state index contributed by atoms with van der Waals surface area (Å²) in [5.74, 6) is -1.72. The van der Waals surface area contributed by atoms with E-state index < -0.39 is 39.3 Å². The molecule has 0 aliphatic heterocycles. The van der Waals surface area contributed by atoms with Crippen molar-refractivity contribution in [3.05, 3.63) is 36.4 Å². The van der Waals surface area contributed by atoms with Gasteiger partial charge in [0.2, 0.25) is 0 Å². The maximum atomic E-state index is 12.1. The van der Waals surface area contributed by atoms with Crippen LogP contribution in [0.15, 0.2) is 46.2 Å². The van der Waals surface area contributed by atoms with Gasteiger partial charge in [0.05, 0.1) is 0 Å². The van der Waals surface area contributed by atoms with Crippen molar-refractivity contribution >= 4 is 50.6 Å². The molecule has 0 aliphatic carbocycles. The number of benzene rings is 2. The van der Waals surface area contributed by atoms with Gasteiger partial charge in [0.15, 0.2) is 19.7 Å². The minimum Gasteiger partial charge on any atom is -0.427 e. The Morgan fingerprint density at radius 2 is 1.09 bits per heavy atom. The SMILES string of the molecule is CC(=O)Oc1ccc(OP(Cl)Oc2ccc(OC(C)=O)cc2S(C)(=O)=O)c(S(C)(=O)=O)c1. The molecule has 0 unspecified atom stereocenters. The third-order valence-electron chi connectivity index (χ3n) is 3.49. The van der Waals surface area contributed by atoms with Crippen LogP contribution in [0, 0.1) is 0 Å². The number of hydrogen-bond acceptors (Lipinski definition) is 10. The smallest absolute Gasteiger partial charge is 0.401 e. The van der Waals surface area contributed by atoms with Crippen molar-refractivity contribution in [2.75, 3.05) is 12.5 Å². The van der Waals surface area contributed by atoms with Crippen molar-refractivity contribution in [3.8, 4) is 23.0 Å². The van der Waals surface area contributed by atoms with E-state index in [1.807, 2.05) is 0 Å². The summed E-state index contributed by atoms with van der Waals surface area (Å²) in [6.07, 6.45) is 1.83. The molecule has 0 radical (unpaired) electrons. The maximum Gasteiger partial charge on any atom is 0.401 e. The van der Waals surface area contributed by atoms with Gasteiger partial charge in [0.25, 0.3) is 0 Å². The molecular weight excluding hydrogens is 507 g/mol. The Hall–Kier alpha value is -2.40. The summed E-state index contributed by atoms with van der Waals surface area (Å²) >= 11 is 6.10. The minimum atomic E-state index is -3.82. The molecule has 0 spiro atoms. The van der Waals surface area contributed by atoms with Crippen LogP contribution in [0.1, 0.15) is 13.8 Å². The number of carbonyl (C=O) groups is 2. The molecule has 2 aromatic carbocycles. The highest BCUT2D eigenvalue weighted by atomic mass is 35.7. The average Bonchev–Trinajstić information content (AvgIpc) is 2.61. The van der Waals surface area contributed by atoms with E-state index in [1.165, 1.54) is 24.3 Å². The van der Waals surface area contributed by atoms with Gasteiger partial charge in [-0.05, 0) is 35.5 Å². The predicted octanol–water partition coefficient (Wildman–Crippen LogP) is 3.27. The molecule has 10 nitrogen and oxygen atoms in total. The summed E-state index contributed by atoms with van der Waals surface area (Å²) in [5, 5.41) is 0. The number of sulfone groups is 2. The quantitative estimate of drug-likeness (QED) is 0.287. The zero-order valence-electron chi connectivity index (χ0n) is 17.2. The molecule has 0 fully saturated rings. The van der Waals surface area contributed by atoms with Gasteiger partial charge < -0.3 is 18.5 Å². The molecule has 0 N–H and O–H groups in total. The molecule has 2 rings (SSSR count). The van der Waals surface area contributed by atoms with Crippen LogP contribution in [0.5, 0.6) is 23.0 Å². The predicted molar refractivity (Wildman–Crippen MR) is 116 cm³/mol. The highest BCUT2D eigenvalue weighted by molar-refractivity contribution is 7.91. The lowest BCUT2D eigenvalue weighted by molar-refractivity contribution is -0.132. The number of halogens is 1. The Labute approximate surface area is 190 Å². The van der Waals surface area contributed by atoms with Gasteiger partial charge in [-0.3, -0.25) is 9.59 Å². The Balaban J connectivity index is 2.35. The Morgan fingerprint density at radius 3 is 1.38 bits per heavy atom. The number of hydrogen-bond donors (Lipinski definition) is 0. The molecule has 0 aromatic heterocycles. The van der Waals surface area contributed by atoms with Crippen LogP contribution < -0.4 is 18.5 Å². The van der Waals surface area contributed by atoms with Gasteiger partial charge in [0, 0.05) is 38.5 Å². The largest absolute Gasteiger partial charge is 0.427 e. The first-order valence-corrected chi connectivity index (χ1v) is 14.4. The molecule has 0 amide bonds. The lowest BCUT2D eigenvalue weighted by atomic mass is 10.3. The van der Waals surface area contributed by atoms with Gasteiger partial charge in [-0.25, -0.2) is 16.8 Å². The summed E-state index contributed by atoms with van der Waals surface area (Å²) in [4.78, 5) is 21.6. The highest BCUT2D eigenvalue weighted by Crippen LogP contribution is 2.48. The summed E-state index contributed by atoms with van der Waals surface area (Å²) in [7, 11) is -10.0. The van der Waals surface area contributed by atoms with Gasteiger partial charge >= 0.3 is 19.7 Å². The van der Waals surface area contributed by atoms with E-state index in [0.717, 1.165) is 38.5 Å². The van der Waals surface area contributed by atoms with Crippen molar-refractivity contribution in [1.82, 2.24) is 0 Å². The van der Waals surface area contributed by atoms with Crippen LogP contribution in [-0.4, -0.2) is 41.3 Å². The van der Waals surface area contributed by atoms with E-state index in [-0.39, 0.29) is 32.8 Å². The van der Waals surface area contributed by atoms with Crippen molar-refractivity contribution < 1.29 is 44.9 Å². The molecule has 0 bridgehead atoms. The second-order valence-corrected chi connectivity index (χ2v) is 11.9. The van der Waals surface area contributed by atoms with Crippen LogP contribution in [0.3, 0.4) is 0 Å². The first-order valence-electron chi connectivity index (χ1n) is 8.53. The Bertz CT molecular complexity index is 1160. The third kappa shape index (κ3) is 7.33. The zero-order chi connectivity index (χ0) is 24.3. The number of ether oxygens (including phenoxy) is 2. The first kappa shape index (κ1) is 25.9. The fraction of sp³-hybridized carbons (Fsp3) is 0.222. The summed E-state index contributed by atoms with van der Waals surface area (Å²) < 4.78 is 69.1. The van der Waals surface area contributed by atoms with Gasteiger partial charge in [-0.2, -0.15) is 0 Å². The second kappa shape index (κ2) is 10.0. The average molecular weight is 525 g/mol. The third-order valence-corrected chi connectivity index (χ3v) is 6.82. The standard InChI is InChI=1S/C18H18ClO10PS2/c1-11(20)26-13-5-7-15(17(9-13)31(3,22)23)28-30(19)29-16-8-6-14(27-12(2)21)10-18(16)32(4,24)25/h5-10H,1-4H3. The molecule has 0 heterocycles. The van der Waals surface area contributed by atoms with E-state index in [2.05, 4.69) is 0 Å². The molecular formula is C18H18ClO10PS2. The van der Waals surface area contributed by atoms with Gasteiger partial charge in [-0.15, -0.1) is 0 Å². The Kier molecular flexibility index (Phi) is 8.11. The fourth-order valence-electron chi connectivity index (χ4n) is 2.34. The molecule has 2 aromatic rings. The molecule has 32 heavy (non-hydrogen) atoms. The Morgan fingerprint density at radius 1 is 0.750 bits per heavy atom. The number of esters is 2. The van der Waals surface area contributed by atoms with Crippen molar-refractivity contribution in [2.24, 2.45) is 0 Å². The van der Waals surface area contributed by atoms with E-state index in [1.54, 1.807) is 0 Å². The van der Waals surface area contributed by atoms with Gasteiger partial charge in [0.1, 0.15) is 32.8 Å². The molecule has 14 heteroatoms. The van der Waals surface area contributed by atoms with Crippen LogP contribution in [0.2, 0.25) is 0 Å². The van der Waals surface area contributed by atoms with E-state index in [0.29, 0.717) is 0 Å². The lowest BCUT2D eigenvalue weighted by Gasteiger charge is -2.17. The van der Waals surface area contributed by atoms with E-state index in [4.69, 9.17) is 29.8 Å². The topological polar surface area (TPSA) is 139 Å². The van der Waals surface area contributed by atoms with Crippen LogP contribution in [0.25, 0.3) is 0 Å². The number of carbonyl (C=O) groups excluding carboxylic acids is 2. The molecule has 174 valence electrons. The second-order valence-electron chi connectivity index (χ2n) is 6.34. The maximum absolute atomic E-state index is 12.1. The lowest BCUT2D eigenvalue weighted by Crippen LogP contribution is -2.06. The highest BCUT2D eigenvalue weighted by Gasteiger charge is 2.24. The first-order chi connectivity index (χ1) is 14.7. The molecule has 0 saturated heterocycles. The van der Waals surface area contributed by atoms with E-state index >= 15 is 0 Å². The monoisotopic (exact) mass is 524 g/mol. The van der Waals surface area contributed by atoms with Crippen molar-refractivity contribution in [3.63, 3.8) is 0 Å². The van der Waals surface area contributed by atoms with Crippen molar-refractivity contribution in [1.29, 1.82) is 0 Å². The number of rotatable bonds is 8. The summed E-state index contributed by atoms with van der Waals surface area (Å²) in [6, 6.07) is 7.19. The molecule has 0 aliphatic rings. The normalized spacial score (nSPS) is 11.7. The fourth-order valence-corrected chi connectivity index (χ4v) is 5.18. The van der Waals surface area contributed by atoms with Gasteiger partial charge in [-0.1, -0.05) is 0 Å². The van der Waals surface area contributed by atoms with Crippen LogP contribution in [0.4, 0.5) is 0 Å². The molecule has 0 atom stereocenters. The van der Waals surface area contributed by atoms with Crippen LogP contribution in [-0.2, 0) is 29.3 Å². The molecule has 0 saturated carbocycles. The summed E-state index contributed by atoms with van der Waals surface area (Å²) in [6.45, 7) is 2.31. The zero-order valence-corrected chi connectivity index (χ0v) is 20.5. The van der Waals surface area contributed by atoms with Crippen LogP contribution >= 0.6 is 19.0 Å². The van der Waals surface area contributed by atoms with Crippen molar-refractivity contribution in [2.45, 2.75) is 23.6 Å². The van der Waals surface area contributed by atoms with E-state index in [9.17, 15) is 26.4 Å². The minimum absolute atomic E-state index is 0.0227. The summed E-state index contributed by atoms with van der Waals surface area (Å²) in [5.41, 5.74) is 0.